The lowest BCUT2D eigenvalue weighted by molar-refractivity contribution is 0.183. The monoisotopic (exact) mass is 262 g/mol. The van der Waals surface area contributed by atoms with Crippen molar-refractivity contribution in [3.63, 3.8) is 0 Å². The van der Waals surface area contributed by atoms with Crippen LogP contribution < -0.4 is 10.5 Å². The molecule has 19 heavy (non-hydrogen) atoms. The number of nitrogens with two attached hydrogens (primary N) is 1. The van der Waals surface area contributed by atoms with Crippen LogP contribution in [0.5, 0.6) is 5.75 Å². The van der Waals surface area contributed by atoms with Gasteiger partial charge in [0.15, 0.2) is 0 Å². The molecule has 1 aliphatic carbocycles. The van der Waals surface area contributed by atoms with E-state index >= 15 is 0 Å². The third-order valence-corrected chi connectivity index (χ3v) is 4.04. The number of rotatable bonds is 6. The van der Waals surface area contributed by atoms with Gasteiger partial charge in [-0.05, 0) is 50.8 Å². The molecule has 1 aromatic carbocycles. The van der Waals surface area contributed by atoms with Crippen molar-refractivity contribution in [3.05, 3.63) is 29.3 Å². The van der Waals surface area contributed by atoms with Crippen molar-refractivity contribution in [3.8, 4) is 5.75 Å². The molecule has 0 heterocycles. The highest BCUT2D eigenvalue weighted by Crippen LogP contribution is 2.26. The maximum Gasteiger partial charge on any atom is 0.122 e. The van der Waals surface area contributed by atoms with Crippen molar-refractivity contribution in [1.29, 1.82) is 0 Å². The van der Waals surface area contributed by atoms with Gasteiger partial charge in [0.05, 0.1) is 7.11 Å². The molecule has 0 unspecified atom stereocenters. The van der Waals surface area contributed by atoms with E-state index in [1.54, 1.807) is 7.11 Å². The minimum Gasteiger partial charge on any atom is -0.496 e. The molecule has 1 aliphatic rings. The Hall–Kier alpha value is -1.06. The summed E-state index contributed by atoms with van der Waals surface area (Å²) in [7, 11) is 3.94. The van der Waals surface area contributed by atoms with Gasteiger partial charge in [0, 0.05) is 19.1 Å². The second-order valence-corrected chi connectivity index (χ2v) is 5.93. The summed E-state index contributed by atoms with van der Waals surface area (Å²) in [5, 5.41) is 0. The molecule has 0 saturated heterocycles. The van der Waals surface area contributed by atoms with Gasteiger partial charge in [-0.15, -0.1) is 0 Å². The van der Waals surface area contributed by atoms with Crippen molar-refractivity contribution >= 4 is 0 Å². The standard InChI is InChI=1S/C16H26N2O/c1-12-4-5-16(19-3)14(8-12)6-7-18(2)11-13-9-15(17)10-13/h4-5,8,13,15H,6-7,9-11,17H2,1-3H3. The normalized spacial score (nSPS) is 22.4. The van der Waals surface area contributed by atoms with E-state index in [9.17, 15) is 0 Å². The van der Waals surface area contributed by atoms with E-state index in [-0.39, 0.29) is 0 Å². The Kier molecular flexibility index (Phi) is 4.83. The predicted molar refractivity (Wildman–Crippen MR) is 79.6 cm³/mol. The van der Waals surface area contributed by atoms with Gasteiger partial charge in [0.2, 0.25) is 0 Å². The molecule has 1 fully saturated rings. The molecule has 0 atom stereocenters. The van der Waals surface area contributed by atoms with E-state index in [1.807, 2.05) is 0 Å². The van der Waals surface area contributed by atoms with E-state index < -0.39 is 0 Å². The Balaban J connectivity index is 1.82. The minimum atomic E-state index is 0.454. The molecule has 106 valence electrons. The maximum atomic E-state index is 5.83. The van der Waals surface area contributed by atoms with Gasteiger partial charge in [-0.2, -0.15) is 0 Å². The predicted octanol–water partition coefficient (Wildman–Crippen LogP) is 2.22. The molecule has 3 heteroatoms. The fourth-order valence-corrected chi connectivity index (χ4v) is 2.88. The first-order chi connectivity index (χ1) is 9.08. The minimum absolute atomic E-state index is 0.454. The second kappa shape index (κ2) is 6.40. The summed E-state index contributed by atoms with van der Waals surface area (Å²) in [4.78, 5) is 2.42. The van der Waals surface area contributed by atoms with Gasteiger partial charge in [0.1, 0.15) is 5.75 Å². The third-order valence-electron chi connectivity index (χ3n) is 4.04. The van der Waals surface area contributed by atoms with E-state index in [0.29, 0.717) is 6.04 Å². The summed E-state index contributed by atoms with van der Waals surface area (Å²) >= 11 is 0. The van der Waals surface area contributed by atoms with Gasteiger partial charge < -0.3 is 15.4 Å². The molecular weight excluding hydrogens is 236 g/mol. The lowest BCUT2D eigenvalue weighted by Gasteiger charge is -2.35. The molecule has 0 bridgehead atoms. The Morgan fingerprint density at radius 3 is 2.74 bits per heavy atom. The molecule has 0 radical (unpaired) electrons. The van der Waals surface area contributed by atoms with Gasteiger partial charge in [-0.25, -0.2) is 0 Å². The van der Waals surface area contributed by atoms with Crippen LogP contribution in [0, 0.1) is 12.8 Å². The highest BCUT2D eigenvalue weighted by atomic mass is 16.5. The molecule has 1 saturated carbocycles. The first kappa shape index (κ1) is 14.4. The highest BCUT2D eigenvalue weighted by Gasteiger charge is 2.26. The zero-order chi connectivity index (χ0) is 13.8. The summed E-state index contributed by atoms with van der Waals surface area (Å²) in [6.45, 7) is 4.37. The number of ether oxygens (including phenoxy) is 1. The number of benzene rings is 1. The molecule has 3 nitrogen and oxygen atoms in total. The Labute approximate surface area is 116 Å². The number of nitrogens with zero attached hydrogens (tertiary/aromatic N) is 1. The molecule has 1 aromatic rings. The molecule has 0 spiro atoms. The van der Waals surface area contributed by atoms with E-state index in [0.717, 1.165) is 24.6 Å². The van der Waals surface area contributed by atoms with Crippen molar-refractivity contribution in [2.45, 2.75) is 32.2 Å². The highest BCUT2D eigenvalue weighted by molar-refractivity contribution is 5.37. The van der Waals surface area contributed by atoms with Crippen LogP contribution in [-0.2, 0) is 6.42 Å². The molecular formula is C16H26N2O. The molecule has 0 aromatic heterocycles. The lowest BCUT2D eigenvalue weighted by Crippen LogP contribution is -2.42. The largest absolute Gasteiger partial charge is 0.496 e. The van der Waals surface area contributed by atoms with Crippen LogP contribution in [0.2, 0.25) is 0 Å². The van der Waals surface area contributed by atoms with Crippen molar-refractivity contribution < 1.29 is 4.74 Å². The van der Waals surface area contributed by atoms with Crippen LogP contribution in [-0.4, -0.2) is 38.2 Å². The van der Waals surface area contributed by atoms with Crippen molar-refractivity contribution in [2.24, 2.45) is 11.7 Å². The summed E-state index contributed by atoms with van der Waals surface area (Å²) in [6, 6.07) is 6.85. The Morgan fingerprint density at radius 2 is 2.11 bits per heavy atom. The van der Waals surface area contributed by atoms with Gasteiger partial charge in [0.25, 0.3) is 0 Å². The number of aryl methyl sites for hydroxylation is 1. The second-order valence-electron chi connectivity index (χ2n) is 5.93. The fraction of sp³-hybridized carbons (Fsp3) is 0.625. The average molecular weight is 262 g/mol. The van der Waals surface area contributed by atoms with Gasteiger partial charge >= 0.3 is 0 Å². The molecule has 0 amide bonds. The van der Waals surface area contributed by atoms with Crippen molar-refractivity contribution in [2.75, 3.05) is 27.2 Å². The van der Waals surface area contributed by atoms with Gasteiger partial charge in [-0.3, -0.25) is 0 Å². The topological polar surface area (TPSA) is 38.5 Å². The van der Waals surface area contributed by atoms with E-state index in [2.05, 4.69) is 37.1 Å². The maximum absolute atomic E-state index is 5.83. The molecule has 0 aliphatic heterocycles. The third kappa shape index (κ3) is 3.95. The Morgan fingerprint density at radius 1 is 1.37 bits per heavy atom. The van der Waals surface area contributed by atoms with Crippen LogP contribution >= 0.6 is 0 Å². The van der Waals surface area contributed by atoms with Crippen LogP contribution in [0.15, 0.2) is 18.2 Å². The first-order valence-electron chi connectivity index (χ1n) is 7.16. The fourth-order valence-electron chi connectivity index (χ4n) is 2.88. The van der Waals surface area contributed by atoms with Crippen molar-refractivity contribution in [1.82, 2.24) is 4.90 Å². The van der Waals surface area contributed by atoms with Crippen LogP contribution in [0.1, 0.15) is 24.0 Å². The Bertz CT molecular complexity index is 413. The number of likely N-dealkylation sites (N-methyl/N-ethyl adjacent to an activating group) is 1. The SMILES string of the molecule is COc1ccc(C)cc1CCN(C)CC1CC(N)C1. The summed E-state index contributed by atoms with van der Waals surface area (Å²) < 4.78 is 5.43. The summed E-state index contributed by atoms with van der Waals surface area (Å²) in [6.07, 6.45) is 3.43. The number of methoxy groups -OCH3 is 1. The lowest BCUT2D eigenvalue weighted by atomic mass is 9.80. The van der Waals surface area contributed by atoms with E-state index in [1.165, 1.54) is 30.5 Å². The van der Waals surface area contributed by atoms with Crippen LogP contribution in [0.4, 0.5) is 0 Å². The zero-order valence-corrected chi connectivity index (χ0v) is 12.4. The summed E-state index contributed by atoms with van der Waals surface area (Å²) in [5.74, 6) is 1.81. The number of hydrogen-bond acceptors (Lipinski definition) is 3. The zero-order valence-electron chi connectivity index (χ0n) is 12.4. The first-order valence-corrected chi connectivity index (χ1v) is 7.16. The smallest absolute Gasteiger partial charge is 0.122 e. The van der Waals surface area contributed by atoms with Crippen LogP contribution in [0.25, 0.3) is 0 Å². The van der Waals surface area contributed by atoms with Crippen LogP contribution in [0.3, 0.4) is 0 Å². The number of hydrogen-bond donors (Lipinski definition) is 1. The average Bonchev–Trinajstić information content (AvgIpc) is 2.34. The molecule has 2 N–H and O–H groups in total. The molecule has 2 rings (SSSR count). The van der Waals surface area contributed by atoms with Gasteiger partial charge in [-0.1, -0.05) is 17.7 Å². The summed E-state index contributed by atoms with van der Waals surface area (Å²) in [5.41, 5.74) is 8.43. The van der Waals surface area contributed by atoms with E-state index in [4.69, 9.17) is 10.5 Å². The quantitative estimate of drug-likeness (QED) is 0.854.